The van der Waals surface area contributed by atoms with Crippen molar-refractivity contribution in [1.29, 1.82) is 0 Å². The van der Waals surface area contributed by atoms with E-state index in [-0.39, 0.29) is 62.3 Å². The number of H-pyrrole nitrogens is 5. The standard InChI is InChI=1S/C22H27NO3.2C21H24N2O.C20H23N3O2.C19H22N4O/c1-15-13-19-20(26-12-11-25-19)14-18(15)23-21(24)10-7-16-5-8-17(9-6-16)22(2,3)4;1-21(2,3)17-8-4-15(5-9-17)6-11-20(24)23-18-10-7-16-12-13-22-19(16)14-18;1-21(2,3)16-10-7-15(8-11-16)9-12-20(24)23-19-6-4-5-18-17(19)13-14-22-18;1-20(2,3)14-7-4-13(5-8-14)6-11-18(24)21-15-9-10-16-17(12-15)23-19(25)22-16;1-19(2,3)14-7-4-13(5-8-14)6-11-18(24)20-15-9-10-16-17(12-15)22-23-21-16/h5-6,8-9,13-14H,7,10-12H2,1-4H3,(H,23,24);4-5,7-10,12-14,22H,6,11H2,1-3H3,(H,23,24);4-8,10-11,13-14,22H,9,12H2,1-3H3,(H,23,24);4-5,7-10,12H,6,11H2,1-3H3,(H,21,24)(H2,22,23,25);4-5,7-10,12H,6,11H2,1-3H3,(H,20,24)(H,21,22,23). The zero-order valence-electron chi connectivity index (χ0n) is 74.1. The molecule has 0 aliphatic carbocycles. The SMILES string of the molecule is CC(C)(C)c1ccc(CCC(=O)Nc2ccc3[nH]c(=O)[nH]c3c2)cc1.CC(C)(C)c1ccc(CCC(=O)Nc2ccc3cc[nH]c3c2)cc1.CC(C)(C)c1ccc(CCC(=O)Nc2ccc3n[nH]nc3c2)cc1.CC(C)(C)c1ccc(CCC(=O)Nc2cccc3[nH]ccc23)cc1.Cc1cc2c(cc1NC(=O)CCc1ccc(C(C)(C)C)cc1)OCCO2. The van der Waals surface area contributed by atoms with Crippen LogP contribution >= 0.6 is 0 Å². The van der Waals surface area contributed by atoms with Crippen LogP contribution in [0, 0.1) is 6.92 Å². The Kier molecular flexibility index (Phi) is 29.9. The predicted octanol–water partition coefficient (Wildman–Crippen LogP) is 22.3. The summed E-state index contributed by atoms with van der Waals surface area (Å²) in [6.07, 6.45) is 9.70. The fourth-order valence-corrected chi connectivity index (χ4v) is 13.9. The lowest BCUT2D eigenvalue weighted by atomic mass is 9.86. The second kappa shape index (κ2) is 40.5. The molecule has 0 spiro atoms. The molecule has 5 heterocycles. The van der Waals surface area contributed by atoms with Crippen LogP contribution in [0.25, 0.3) is 43.9 Å². The zero-order valence-corrected chi connectivity index (χ0v) is 74.1. The fraction of sp³-hybridized carbons (Fsp3) is 0.320. The second-order valence-electron chi connectivity index (χ2n) is 36.7. The Hall–Kier alpha value is -13.1. The van der Waals surface area contributed by atoms with Crippen molar-refractivity contribution in [3.05, 3.63) is 302 Å². The highest BCUT2D eigenvalue weighted by molar-refractivity contribution is 6.01. The van der Waals surface area contributed by atoms with Gasteiger partial charge in [0.05, 0.1) is 16.7 Å². The van der Waals surface area contributed by atoms with Crippen molar-refractivity contribution < 1.29 is 33.4 Å². The van der Waals surface area contributed by atoms with Crippen LogP contribution in [0.5, 0.6) is 11.5 Å². The predicted molar refractivity (Wildman–Crippen MR) is 502 cm³/mol. The van der Waals surface area contributed by atoms with Gasteiger partial charge in [-0.15, -0.1) is 0 Å². The number of carbonyl (C=O) groups excluding carboxylic acids is 5. The highest BCUT2D eigenvalue weighted by Gasteiger charge is 2.21. The van der Waals surface area contributed by atoms with Crippen molar-refractivity contribution >= 4 is 102 Å². The number of rotatable bonds is 20. The average Bonchev–Trinajstić information content (AvgIpc) is 1.03. The number of aromatic amines is 5. The topological polar surface area (TPSA) is 286 Å². The number of carbonyl (C=O) groups is 5. The average molecular weight is 1650 g/mol. The van der Waals surface area contributed by atoms with E-state index >= 15 is 0 Å². The third-order valence-corrected chi connectivity index (χ3v) is 21.6. The smallest absolute Gasteiger partial charge is 0.323 e. The largest absolute Gasteiger partial charge is 0.486 e. The number of ether oxygens (including phenoxy) is 2. The number of aryl methyl sites for hydroxylation is 6. The second-order valence-corrected chi connectivity index (χ2v) is 36.7. The van der Waals surface area contributed by atoms with E-state index in [9.17, 15) is 28.8 Å². The molecule has 15 rings (SSSR count). The number of aromatic nitrogens is 7. The fourth-order valence-electron chi connectivity index (χ4n) is 13.9. The number of nitrogens with one attached hydrogen (secondary N) is 10. The van der Waals surface area contributed by atoms with Crippen molar-refractivity contribution in [1.82, 2.24) is 35.3 Å². The monoisotopic (exact) mass is 1650 g/mol. The molecule has 0 unspecified atom stereocenters. The van der Waals surface area contributed by atoms with Crippen LogP contribution in [0.1, 0.15) is 197 Å². The molecule has 20 heteroatoms. The Labute approximate surface area is 722 Å². The summed E-state index contributed by atoms with van der Waals surface area (Å²) in [5, 5.41) is 27.5. The minimum absolute atomic E-state index is 0.00209. The lowest BCUT2D eigenvalue weighted by molar-refractivity contribution is -0.117. The molecule has 20 nitrogen and oxygen atoms in total. The molecule has 0 saturated heterocycles. The summed E-state index contributed by atoms with van der Waals surface area (Å²) < 4.78 is 11.2. The van der Waals surface area contributed by atoms with Crippen LogP contribution in [-0.4, -0.2) is 78.1 Å². The van der Waals surface area contributed by atoms with Gasteiger partial charge in [-0.3, -0.25) is 24.0 Å². The lowest BCUT2D eigenvalue weighted by Crippen LogP contribution is -2.17. The number of benzene rings is 10. The van der Waals surface area contributed by atoms with E-state index in [1.807, 2.05) is 98.2 Å². The van der Waals surface area contributed by atoms with Gasteiger partial charge in [0.15, 0.2) is 11.5 Å². The van der Waals surface area contributed by atoms with E-state index in [1.54, 1.807) is 18.2 Å². The van der Waals surface area contributed by atoms with Crippen molar-refractivity contribution in [3.63, 3.8) is 0 Å². The summed E-state index contributed by atoms with van der Waals surface area (Å²) in [4.78, 5) is 84.0. The van der Waals surface area contributed by atoms with Gasteiger partial charge in [-0.05, 0) is 212 Å². The number of amides is 5. The number of nitrogens with zero attached hydrogens (tertiary/aromatic N) is 2. The molecule has 14 aromatic rings. The summed E-state index contributed by atoms with van der Waals surface area (Å²) >= 11 is 0. The van der Waals surface area contributed by atoms with Gasteiger partial charge in [-0.25, -0.2) is 4.79 Å². The zero-order chi connectivity index (χ0) is 88.2. The van der Waals surface area contributed by atoms with Crippen LogP contribution in [-0.2, 0) is 83.2 Å². The van der Waals surface area contributed by atoms with Crippen LogP contribution < -0.4 is 41.7 Å². The number of hydrogen-bond donors (Lipinski definition) is 10. The molecule has 10 N–H and O–H groups in total. The first kappa shape index (κ1) is 90.7. The lowest BCUT2D eigenvalue weighted by Gasteiger charge is -2.20. The highest BCUT2D eigenvalue weighted by Crippen LogP contribution is 2.36. The number of fused-ring (bicyclic) bond motifs is 5. The van der Waals surface area contributed by atoms with Gasteiger partial charge in [0.25, 0.3) is 0 Å². The Morgan fingerprint density at radius 3 is 1.14 bits per heavy atom. The van der Waals surface area contributed by atoms with Gasteiger partial charge in [-0.1, -0.05) is 237 Å². The Balaban J connectivity index is 0.000000150. The van der Waals surface area contributed by atoms with E-state index in [0.717, 1.165) is 104 Å². The van der Waals surface area contributed by atoms with Crippen LogP contribution in [0.15, 0.2) is 236 Å². The highest BCUT2D eigenvalue weighted by atomic mass is 16.6. The van der Waals surface area contributed by atoms with E-state index in [0.29, 0.717) is 68.7 Å². The maximum atomic E-state index is 12.3. The van der Waals surface area contributed by atoms with E-state index in [2.05, 4.69) is 287 Å². The molecule has 0 bridgehead atoms. The first-order valence-electron chi connectivity index (χ1n) is 42.4. The third kappa shape index (κ3) is 27.2. The number of imidazole rings is 1. The van der Waals surface area contributed by atoms with Gasteiger partial charge >= 0.3 is 5.69 Å². The van der Waals surface area contributed by atoms with Crippen LogP contribution in [0.3, 0.4) is 0 Å². The molecule has 0 saturated carbocycles. The molecule has 1 aliphatic rings. The van der Waals surface area contributed by atoms with Gasteiger partial charge in [-0.2, -0.15) is 15.4 Å². The third-order valence-electron chi connectivity index (χ3n) is 21.6. The molecule has 1 aliphatic heterocycles. The molecule has 0 atom stereocenters. The molecule has 123 heavy (non-hydrogen) atoms. The first-order valence-corrected chi connectivity index (χ1v) is 42.4. The molecule has 4 aromatic heterocycles. The van der Waals surface area contributed by atoms with Gasteiger partial charge in [0.1, 0.15) is 24.2 Å². The molecule has 5 amide bonds. The molecular weight excluding hydrogens is 1530 g/mol. The molecular formula is C103H120N12O8. The minimum atomic E-state index is -0.253. The Morgan fingerprint density at radius 2 is 0.699 bits per heavy atom. The maximum Gasteiger partial charge on any atom is 0.323 e. The van der Waals surface area contributed by atoms with Gasteiger partial charge in [0, 0.05) is 89.7 Å². The van der Waals surface area contributed by atoms with Gasteiger partial charge < -0.3 is 56.0 Å². The quantitative estimate of drug-likeness (QED) is 0.0344. The van der Waals surface area contributed by atoms with E-state index in [4.69, 9.17) is 9.47 Å². The molecule has 640 valence electrons. The van der Waals surface area contributed by atoms with Crippen LogP contribution in [0.2, 0.25) is 0 Å². The summed E-state index contributed by atoms with van der Waals surface area (Å²) in [5.74, 6) is 1.48. The van der Waals surface area contributed by atoms with Crippen LogP contribution in [0.4, 0.5) is 28.4 Å². The number of hydrogen-bond acceptors (Lipinski definition) is 10. The normalized spacial score (nSPS) is 12.0. The summed E-state index contributed by atoms with van der Waals surface area (Å²) in [7, 11) is 0. The number of anilines is 5. The Morgan fingerprint density at radius 1 is 0.341 bits per heavy atom. The summed E-state index contributed by atoms with van der Waals surface area (Å²) in [5.41, 5.74) is 22.7. The molecule has 0 fully saturated rings. The van der Waals surface area contributed by atoms with E-state index in [1.165, 1.54) is 50.1 Å². The van der Waals surface area contributed by atoms with E-state index < -0.39 is 0 Å². The molecule has 0 radical (unpaired) electrons. The minimum Gasteiger partial charge on any atom is -0.486 e. The Bertz CT molecular complexity index is 5810. The van der Waals surface area contributed by atoms with Crippen molar-refractivity contribution in [2.75, 3.05) is 39.8 Å². The summed E-state index contributed by atoms with van der Waals surface area (Å²) in [6.45, 7) is 36.0. The summed E-state index contributed by atoms with van der Waals surface area (Å²) in [6, 6.07) is 72.9. The maximum absolute atomic E-state index is 12.3. The van der Waals surface area contributed by atoms with Crippen molar-refractivity contribution in [2.45, 2.75) is 202 Å². The van der Waals surface area contributed by atoms with Gasteiger partial charge in [0.2, 0.25) is 29.5 Å². The van der Waals surface area contributed by atoms with Crippen molar-refractivity contribution in [2.24, 2.45) is 0 Å². The first-order chi connectivity index (χ1) is 58.4. The molecule has 10 aromatic carbocycles. The van der Waals surface area contributed by atoms with Crippen molar-refractivity contribution in [3.8, 4) is 11.5 Å².